The van der Waals surface area contributed by atoms with Gasteiger partial charge in [-0.15, -0.1) is 0 Å². The Hall–Kier alpha value is -1.61. The molecule has 8 heteroatoms. The lowest BCUT2D eigenvalue weighted by Crippen LogP contribution is -2.39. The van der Waals surface area contributed by atoms with Crippen molar-refractivity contribution in [3.05, 3.63) is 11.3 Å². The Morgan fingerprint density at radius 1 is 1.32 bits per heavy atom. The number of amides is 1. The van der Waals surface area contributed by atoms with Gasteiger partial charge in [0.1, 0.15) is 6.10 Å². The third-order valence-corrected chi connectivity index (χ3v) is 3.61. The summed E-state index contributed by atoms with van der Waals surface area (Å²) in [5.41, 5.74) is 1.03. The van der Waals surface area contributed by atoms with Crippen molar-refractivity contribution in [2.24, 2.45) is 9.98 Å². The van der Waals surface area contributed by atoms with E-state index in [1.807, 2.05) is 0 Å². The Labute approximate surface area is 108 Å². The molecule has 0 spiro atoms. The molecular formula is C11H14N4O4. The fourth-order valence-corrected chi connectivity index (χ4v) is 2.57. The number of hydrogen-bond acceptors (Lipinski definition) is 7. The first-order valence-electron chi connectivity index (χ1n) is 5.96. The Morgan fingerprint density at radius 3 is 2.79 bits per heavy atom. The van der Waals surface area contributed by atoms with Crippen LogP contribution in [-0.2, 0) is 4.79 Å². The smallest absolute Gasteiger partial charge is 0.256 e. The van der Waals surface area contributed by atoms with Crippen LogP contribution in [0.15, 0.2) is 21.3 Å². The van der Waals surface area contributed by atoms with Crippen molar-refractivity contribution >= 4 is 18.5 Å². The maximum atomic E-state index is 11.6. The van der Waals surface area contributed by atoms with E-state index in [9.17, 15) is 15.0 Å². The number of nitrogens with one attached hydrogen (secondary N) is 2. The van der Waals surface area contributed by atoms with Crippen LogP contribution in [0.5, 0.6) is 0 Å². The molecule has 3 heterocycles. The largest absolute Gasteiger partial charge is 0.395 e. The summed E-state index contributed by atoms with van der Waals surface area (Å²) in [6, 6.07) is -1.90. The van der Waals surface area contributed by atoms with Gasteiger partial charge in [-0.3, -0.25) is 9.79 Å². The van der Waals surface area contributed by atoms with Crippen molar-refractivity contribution in [1.29, 1.82) is 0 Å². The van der Waals surface area contributed by atoms with E-state index < -0.39 is 30.3 Å². The molecule has 102 valence electrons. The number of hydrogen-bond donors (Lipinski definition) is 5. The molecule has 3 rings (SSSR count). The molecule has 1 saturated heterocycles. The van der Waals surface area contributed by atoms with Crippen LogP contribution in [0.2, 0.25) is 0 Å². The first kappa shape index (κ1) is 12.4. The standard InChI is InChI=1S/C11H14N4O4/c16-2-5-9(17)10(18)7(15-5)4-1-12-8-6(4)13-3-14-11(8)19/h1,3,5,7-10,15-18H,2H2,(H,13,14,19)/t5-,7+,8?,9-,10+/m1/s1. The SMILES string of the molecule is O=C1NC=NC2=C([C@@H]3N[C@H](CO)[C@@H](O)[C@H]3O)C=NC12. The van der Waals surface area contributed by atoms with E-state index in [1.165, 1.54) is 12.6 Å². The quantitative estimate of drug-likeness (QED) is 0.362. The minimum Gasteiger partial charge on any atom is -0.395 e. The summed E-state index contributed by atoms with van der Waals surface area (Å²) in [5.74, 6) is -0.275. The molecule has 3 aliphatic rings. The van der Waals surface area contributed by atoms with E-state index in [2.05, 4.69) is 20.6 Å². The maximum absolute atomic E-state index is 11.6. The van der Waals surface area contributed by atoms with Gasteiger partial charge in [-0.2, -0.15) is 0 Å². The van der Waals surface area contributed by atoms with Gasteiger partial charge in [0, 0.05) is 11.8 Å². The summed E-state index contributed by atoms with van der Waals surface area (Å²) in [4.78, 5) is 19.7. The number of carbonyl (C=O) groups is 1. The van der Waals surface area contributed by atoms with E-state index >= 15 is 0 Å². The maximum Gasteiger partial charge on any atom is 0.256 e. The molecule has 5 N–H and O–H groups in total. The minimum atomic E-state index is -1.08. The third kappa shape index (κ3) is 1.80. The molecule has 1 unspecified atom stereocenters. The average Bonchev–Trinajstić information content (AvgIpc) is 2.94. The lowest BCUT2D eigenvalue weighted by Gasteiger charge is -2.19. The van der Waals surface area contributed by atoms with Crippen LogP contribution in [0.1, 0.15) is 0 Å². The minimum absolute atomic E-state index is 0.275. The van der Waals surface area contributed by atoms with Crippen LogP contribution in [0.25, 0.3) is 0 Å². The zero-order valence-electron chi connectivity index (χ0n) is 9.89. The first-order chi connectivity index (χ1) is 9.13. The Balaban J connectivity index is 1.93. The summed E-state index contributed by atoms with van der Waals surface area (Å²) in [5, 5.41) is 34.3. The molecule has 0 saturated carbocycles. The van der Waals surface area contributed by atoms with Gasteiger partial charge in [-0.05, 0) is 0 Å². The van der Waals surface area contributed by atoms with E-state index in [0.29, 0.717) is 11.3 Å². The molecule has 0 aromatic heterocycles. The molecule has 3 aliphatic heterocycles. The number of aliphatic hydroxyl groups is 3. The summed E-state index contributed by atoms with van der Waals surface area (Å²) < 4.78 is 0. The van der Waals surface area contributed by atoms with Crippen LogP contribution in [0.4, 0.5) is 0 Å². The van der Waals surface area contributed by atoms with Gasteiger partial charge >= 0.3 is 0 Å². The van der Waals surface area contributed by atoms with Gasteiger partial charge in [0.15, 0.2) is 6.04 Å². The molecular weight excluding hydrogens is 252 g/mol. The van der Waals surface area contributed by atoms with Crippen molar-refractivity contribution in [2.45, 2.75) is 30.3 Å². The molecule has 0 radical (unpaired) electrons. The Kier molecular flexibility index (Phi) is 2.94. The van der Waals surface area contributed by atoms with Gasteiger partial charge in [0.05, 0.1) is 36.8 Å². The molecule has 0 aromatic rings. The molecule has 19 heavy (non-hydrogen) atoms. The highest BCUT2D eigenvalue weighted by molar-refractivity contribution is 6.02. The predicted octanol–water partition coefficient (Wildman–Crippen LogP) is -3.09. The third-order valence-electron chi connectivity index (χ3n) is 3.61. The zero-order chi connectivity index (χ0) is 13.6. The topological polar surface area (TPSA) is 127 Å². The number of carbonyl (C=O) groups excluding carboxylic acids is 1. The number of fused-ring (bicyclic) bond motifs is 1. The fourth-order valence-electron chi connectivity index (χ4n) is 2.57. The fraction of sp³-hybridized carbons (Fsp3) is 0.545. The molecule has 5 atom stereocenters. The van der Waals surface area contributed by atoms with Crippen LogP contribution in [0.3, 0.4) is 0 Å². The Morgan fingerprint density at radius 2 is 2.11 bits per heavy atom. The van der Waals surface area contributed by atoms with E-state index in [-0.39, 0.29) is 12.5 Å². The summed E-state index contributed by atoms with van der Waals surface area (Å²) >= 11 is 0. The molecule has 8 nitrogen and oxygen atoms in total. The molecule has 0 aromatic carbocycles. The van der Waals surface area contributed by atoms with E-state index in [4.69, 9.17) is 5.11 Å². The number of rotatable bonds is 2. The number of aliphatic imine (C=N–C) groups is 2. The molecule has 1 fully saturated rings. The van der Waals surface area contributed by atoms with Crippen molar-refractivity contribution < 1.29 is 20.1 Å². The van der Waals surface area contributed by atoms with E-state index in [1.54, 1.807) is 0 Å². The number of nitrogens with zero attached hydrogens (tertiary/aromatic N) is 2. The van der Waals surface area contributed by atoms with Crippen molar-refractivity contribution in [3.8, 4) is 0 Å². The highest BCUT2D eigenvalue weighted by Gasteiger charge is 2.45. The van der Waals surface area contributed by atoms with E-state index in [0.717, 1.165) is 0 Å². The van der Waals surface area contributed by atoms with Crippen molar-refractivity contribution in [3.63, 3.8) is 0 Å². The average molecular weight is 266 g/mol. The second kappa shape index (κ2) is 4.49. The van der Waals surface area contributed by atoms with Gasteiger partial charge < -0.3 is 26.0 Å². The zero-order valence-corrected chi connectivity index (χ0v) is 9.89. The molecule has 0 aliphatic carbocycles. The van der Waals surface area contributed by atoms with Crippen LogP contribution in [-0.4, -0.2) is 70.7 Å². The van der Waals surface area contributed by atoms with Gasteiger partial charge in [-0.25, -0.2) is 4.99 Å². The van der Waals surface area contributed by atoms with Crippen molar-refractivity contribution in [2.75, 3.05) is 6.61 Å². The summed E-state index contributed by atoms with van der Waals surface area (Å²) in [6.45, 7) is -0.290. The lowest BCUT2D eigenvalue weighted by atomic mass is 9.99. The lowest BCUT2D eigenvalue weighted by molar-refractivity contribution is -0.120. The van der Waals surface area contributed by atoms with Crippen LogP contribution in [0, 0.1) is 0 Å². The first-order valence-corrected chi connectivity index (χ1v) is 5.96. The second-order valence-corrected chi connectivity index (χ2v) is 4.70. The normalized spacial score (nSPS) is 40.8. The van der Waals surface area contributed by atoms with Crippen molar-refractivity contribution in [1.82, 2.24) is 10.6 Å². The summed E-state index contributed by atoms with van der Waals surface area (Å²) in [7, 11) is 0. The highest BCUT2D eigenvalue weighted by atomic mass is 16.3. The van der Waals surface area contributed by atoms with Gasteiger partial charge in [-0.1, -0.05) is 0 Å². The number of aliphatic hydroxyl groups excluding tert-OH is 3. The van der Waals surface area contributed by atoms with Crippen LogP contribution < -0.4 is 10.6 Å². The van der Waals surface area contributed by atoms with Gasteiger partial charge in [0.25, 0.3) is 5.91 Å². The predicted molar refractivity (Wildman–Crippen MR) is 65.8 cm³/mol. The Bertz CT molecular complexity index is 501. The van der Waals surface area contributed by atoms with Gasteiger partial charge in [0.2, 0.25) is 0 Å². The second-order valence-electron chi connectivity index (χ2n) is 4.70. The highest BCUT2D eigenvalue weighted by Crippen LogP contribution is 2.28. The molecule has 1 amide bonds. The summed E-state index contributed by atoms with van der Waals surface area (Å²) in [6.07, 6.45) is 0.613. The van der Waals surface area contributed by atoms with Crippen LogP contribution >= 0.6 is 0 Å². The monoisotopic (exact) mass is 266 g/mol. The molecule has 0 bridgehead atoms.